The molecule has 0 amide bonds. The van der Waals surface area contributed by atoms with Crippen LogP contribution in [0, 0.1) is 11.6 Å². The van der Waals surface area contributed by atoms with E-state index in [9.17, 15) is 13.9 Å². The molecule has 2 aromatic heterocycles. The van der Waals surface area contributed by atoms with E-state index in [-0.39, 0.29) is 11.3 Å². The third-order valence-corrected chi connectivity index (χ3v) is 5.29. The van der Waals surface area contributed by atoms with Crippen molar-refractivity contribution in [1.29, 1.82) is 0 Å². The van der Waals surface area contributed by atoms with Crippen LogP contribution >= 0.6 is 22.7 Å². The van der Waals surface area contributed by atoms with Gasteiger partial charge in [0.25, 0.3) is 0 Å². The fraction of sp³-hybridized carbons (Fsp3) is 0. The number of aromatic hydroxyl groups is 1. The summed E-state index contributed by atoms with van der Waals surface area (Å²) in [5.74, 6) is -1.19. The largest absolute Gasteiger partial charge is 0.506 e. The van der Waals surface area contributed by atoms with Crippen LogP contribution in [0.25, 0.3) is 20.3 Å². The van der Waals surface area contributed by atoms with Crippen LogP contribution in [0.2, 0.25) is 0 Å². The molecule has 3 nitrogen and oxygen atoms in total. The molecule has 0 saturated heterocycles. The number of hydrogen-bond acceptors (Lipinski definition) is 5. The molecule has 4 aromatic rings. The Kier molecular flexibility index (Phi) is 3.32. The molecule has 0 bridgehead atoms. The summed E-state index contributed by atoms with van der Waals surface area (Å²) in [4.78, 5) is 8.83. The standard InChI is InChI=1S/C16H8F2N2OS2/c17-8-5-10(18)14-12(6-8)23-16(20-14)19-7-13-15(21)9-3-1-2-4-11(9)22-13/h1-7,21H. The van der Waals surface area contributed by atoms with Crippen molar-refractivity contribution >= 4 is 54.3 Å². The minimum atomic E-state index is -0.706. The molecule has 0 unspecified atom stereocenters. The molecule has 0 fully saturated rings. The predicted octanol–water partition coefficient (Wildman–Crippen LogP) is 5.25. The minimum absolute atomic E-state index is 0.101. The summed E-state index contributed by atoms with van der Waals surface area (Å²) < 4.78 is 28.2. The molecular weight excluding hydrogens is 338 g/mol. The normalized spacial score (nSPS) is 11.9. The van der Waals surface area contributed by atoms with E-state index in [1.807, 2.05) is 24.3 Å². The van der Waals surface area contributed by atoms with E-state index in [0.717, 1.165) is 27.5 Å². The van der Waals surface area contributed by atoms with E-state index in [0.29, 0.717) is 14.7 Å². The number of nitrogens with zero attached hydrogens (tertiary/aromatic N) is 2. The van der Waals surface area contributed by atoms with E-state index in [2.05, 4.69) is 9.98 Å². The van der Waals surface area contributed by atoms with Crippen molar-refractivity contribution in [2.24, 2.45) is 4.99 Å². The number of halogens is 2. The molecule has 1 N–H and O–H groups in total. The Morgan fingerprint density at radius 1 is 1.09 bits per heavy atom. The van der Waals surface area contributed by atoms with Gasteiger partial charge in [0.05, 0.1) is 15.8 Å². The van der Waals surface area contributed by atoms with Crippen LogP contribution in [-0.4, -0.2) is 16.3 Å². The molecule has 2 heterocycles. The Labute approximate surface area is 137 Å². The molecule has 0 aliphatic rings. The smallest absolute Gasteiger partial charge is 0.210 e. The Morgan fingerprint density at radius 2 is 1.91 bits per heavy atom. The molecule has 7 heteroatoms. The number of benzene rings is 2. The molecule has 0 radical (unpaired) electrons. The fourth-order valence-corrected chi connectivity index (χ4v) is 4.07. The monoisotopic (exact) mass is 346 g/mol. The number of rotatable bonds is 2. The van der Waals surface area contributed by atoms with Crippen LogP contribution in [-0.2, 0) is 0 Å². The number of fused-ring (bicyclic) bond motifs is 2. The van der Waals surface area contributed by atoms with Gasteiger partial charge in [-0.1, -0.05) is 23.5 Å². The van der Waals surface area contributed by atoms with Gasteiger partial charge in [0.2, 0.25) is 5.13 Å². The van der Waals surface area contributed by atoms with Crippen LogP contribution in [0.4, 0.5) is 13.9 Å². The second-order valence-corrected chi connectivity index (χ2v) is 6.89. The van der Waals surface area contributed by atoms with E-state index in [4.69, 9.17) is 0 Å². The van der Waals surface area contributed by atoms with Gasteiger partial charge < -0.3 is 5.11 Å². The summed E-state index contributed by atoms with van der Waals surface area (Å²) in [5, 5.41) is 11.2. The highest BCUT2D eigenvalue weighted by molar-refractivity contribution is 7.22. The highest BCUT2D eigenvalue weighted by Crippen LogP contribution is 2.36. The van der Waals surface area contributed by atoms with E-state index < -0.39 is 11.6 Å². The van der Waals surface area contributed by atoms with Gasteiger partial charge in [-0.15, -0.1) is 11.3 Å². The van der Waals surface area contributed by atoms with Crippen molar-refractivity contribution in [3.05, 3.63) is 52.9 Å². The molecule has 0 aliphatic carbocycles. The topological polar surface area (TPSA) is 45.5 Å². The molecule has 0 saturated carbocycles. The van der Waals surface area contributed by atoms with Crippen LogP contribution in [0.3, 0.4) is 0 Å². The minimum Gasteiger partial charge on any atom is -0.506 e. The zero-order valence-corrected chi connectivity index (χ0v) is 13.1. The maximum atomic E-state index is 13.6. The lowest BCUT2D eigenvalue weighted by atomic mass is 10.2. The molecule has 4 rings (SSSR count). The van der Waals surface area contributed by atoms with Gasteiger partial charge in [0.1, 0.15) is 17.1 Å². The third-order valence-electron chi connectivity index (χ3n) is 3.29. The fourth-order valence-electron chi connectivity index (χ4n) is 2.25. The summed E-state index contributed by atoms with van der Waals surface area (Å²) in [7, 11) is 0. The molecule has 0 atom stereocenters. The first-order valence-corrected chi connectivity index (χ1v) is 8.25. The van der Waals surface area contributed by atoms with Crippen molar-refractivity contribution < 1.29 is 13.9 Å². The maximum Gasteiger partial charge on any atom is 0.210 e. The molecule has 2 aromatic carbocycles. The predicted molar refractivity (Wildman–Crippen MR) is 90.3 cm³/mol. The van der Waals surface area contributed by atoms with Gasteiger partial charge in [-0.2, -0.15) is 0 Å². The summed E-state index contributed by atoms with van der Waals surface area (Å²) in [6.07, 6.45) is 1.49. The van der Waals surface area contributed by atoms with Gasteiger partial charge in [-0.25, -0.2) is 18.8 Å². The summed E-state index contributed by atoms with van der Waals surface area (Å²) >= 11 is 2.49. The van der Waals surface area contributed by atoms with Crippen LogP contribution in [0.15, 0.2) is 41.4 Å². The first-order valence-electron chi connectivity index (χ1n) is 6.62. The van der Waals surface area contributed by atoms with Crippen LogP contribution in [0.1, 0.15) is 4.88 Å². The van der Waals surface area contributed by atoms with Gasteiger partial charge >= 0.3 is 0 Å². The second kappa shape index (κ2) is 5.36. The van der Waals surface area contributed by atoms with Gasteiger partial charge in [0, 0.05) is 16.2 Å². The number of aliphatic imine (C=N–C) groups is 1. The lowest BCUT2D eigenvalue weighted by molar-refractivity contribution is 0.483. The zero-order chi connectivity index (χ0) is 16.0. The van der Waals surface area contributed by atoms with Crippen LogP contribution in [0.5, 0.6) is 5.75 Å². The molecule has 114 valence electrons. The highest BCUT2D eigenvalue weighted by Gasteiger charge is 2.11. The Morgan fingerprint density at radius 3 is 2.74 bits per heavy atom. The van der Waals surface area contributed by atoms with E-state index in [1.165, 1.54) is 23.6 Å². The molecule has 23 heavy (non-hydrogen) atoms. The second-order valence-electron chi connectivity index (χ2n) is 4.80. The first kappa shape index (κ1) is 14.2. The summed E-state index contributed by atoms with van der Waals surface area (Å²) in [5.41, 5.74) is 0.101. The van der Waals surface area contributed by atoms with Crippen molar-refractivity contribution in [2.45, 2.75) is 0 Å². The van der Waals surface area contributed by atoms with Gasteiger partial charge in [0.15, 0.2) is 5.82 Å². The number of thiazole rings is 1. The van der Waals surface area contributed by atoms with Gasteiger partial charge in [-0.05, 0) is 18.2 Å². The SMILES string of the molecule is Oc1c(C=Nc2nc3c(F)cc(F)cc3s2)sc2ccccc12. The number of thiophene rings is 1. The Bertz CT molecular complexity index is 1070. The molecule has 0 aliphatic heterocycles. The quantitative estimate of drug-likeness (QED) is 0.504. The van der Waals surface area contributed by atoms with E-state index in [1.54, 1.807) is 0 Å². The maximum absolute atomic E-state index is 13.6. The first-order chi connectivity index (χ1) is 11.1. The third kappa shape index (κ3) is 2.47. The van der Waals surface area contributed by atoms with Crippen molar-refractivity contribution in [3.63, 3.8) is 0 Å². The molecule has 0 spiro atoms. The Balaban J connectivity index is 1.75. The molecular formula is C16H8F2N2OS2. The zero-order valence-electron chi connectivity index (χ0n) is 11.5. The average Bonchev–Trinajstić information content (AvgIpc) is 3.07. The summed E-state index contributed by atoms with van der Waals surface area (Å²) in [6, 6.07) is 9.51. The van der Waals surface area contributed by atoms with Crippen LogP contribution < -0.4 is 0 Å². The van der Waals surface area contributed by atoms with Crippen molar-refractivity contribution in [2.75, 3.05) is 0 Å². The van der Waals surface area contributed by atoms with Gasteiger partial charge in [-0.3, -0.25) is 0 Å². The van der Waals surface area contributed by atoms with E-state index >= 15 is 0 Å². The Hall–Kier alpha value is -2.38. The average molecular weight is 346 g/mol. The van der Waals surface area contributed by atoms with Crippen molar-refractivity contribution in [1.82, 2.24) is 4.98 Å². The lowest BCUT2D eigenvalue weighted by Crippen LogP contribution is -1.80. The highest BCUT2D eigenvalue weighted by atomic mass is 32.1. The lowest BCUT2D eigenvalue weighted by Gasteiger charge is -1.90. The summed E-state index contributed by atoms with van der Waals surface area (Å²) in [6.45, 7) is 0. The van der Waals surface area contributed by atoms with Crippen molar-refractivity contribution in [3.8, 4) is 5.75 Å². The number of hydrogen-bond donors (Lipinski definition) is 1. The number of aromatic nitrogens is 1.